The van der Waals surface area contributed by atoms with Crippen LogP contribution in [0.15, 0.2) is 33.0 Å². The Bertz CT molecular complexity index is 981. The van der Waals surface area contributed by atoms with Gasteiger partial charge in [0.25, 0.3) is 0 Å². The lowest BCUT2D eigenvalue weighted by Gasteiger charge is -2.27. The van der Waals surface area contributed by atoms with Gasteiger partial charge in [0.05, 0.1) is 12.2 Å². The van der Waals surface area contributed by atoms with Crippen LogP contribution in [0.3, 0.4) is 0 Å². The van der Waals surface area contributed by atoms with Gasteiger partial charge in [-0.2, -0.15) is 8.42 Å². The summed E-state index contributed by atoms with van der Waals surface area (Å²) < 4.78 is 59.0. The maximum atomic E-state index is 11.5. The van der Waals surface area contributed by atoms with Gasteiger partial charge in [-0.25, -0.2) is 18.4 Å². The van der Waals surface area contributed by atoms with E-state index < -0.39 is 25.0 Å². The summed E-state index contributed by atoms with van der Waals surface area (Å²) in [6, 6.07) is 2.69. The molecule has 24 heavy (non-hydrogen) atoms. The van der Waals surface area contributed by atoms with Gasteiger partial charge in [-0.15, -0.1) is 0 Å². The van der Waals surface area contributed by atoms with Crippen molar-refractivity contribution in [3.63, 3.8) is 0 Å². The van der Waals surface area contributed by atoms with Gasteiger partial charge in [-0.05, 0) is 12.1 Å². The molecule has 1 aliphatic rings. The van der Waals surface area contributed by atoms with Crippen LogP contribution in [0.1, 0.15) is 17.0 Å². The Kier molecular flexibility index (Phi) is 4.20. The molecule has 0 radical (unpaired) electrons. The van der Waals surface area contributed by atoms with E-state index in [2.05, 4.69) is 9.97 Å². The molecule has 2 aromatic heterocycles. The summed E-state index contributed by atoms with van der Waals surface area (Å²) in [7, 11) is -7.79. The van der Waals surface area contributed by atoms with Gasteiger partial charge in [-0.1, -0.05) is 0 Å². The van der Waals surface area contributed by atoms with Crippen molar-refractivity contribution in [2.45, 2.75) is 29.8 Å². The molecule has 0 aliphatic carbocycles. The molecular weight excluding hydrogens is 358 g/mol. The Labute approximate surface area is 139 Å². The Morgan fingerprint density at radius 3 is 2.67 bits per heavy atom. The van der Waals surface area contributed by atoms with Crippen molar-refractivity contribution in [1.82, 2.24) is 14.9 Å². The van der Waals surface area contributed by atoms with Crippen LogP contribution in [0.25, 0.3) is 0 Å². The average Bonchev–Trinajstić information content (AvgIpc) is 2.94. The van der Waals surface area contributed by atoms with Crippen LogP contribution in [-0.2, 0) is 39.5 Å². The van der Waals surface area contributed by atoms with Crippen molar-refractivity contribution in [1.29, 1.82) is 0 Å². The zero-order valence-corrected chi connectivity index (χ0v) is 14.3. The quantitative estimate of drug-likeness (QED) is 0.593. The number of aromatic nitrogens is 2. The summed E-state index contributed by atoms with van der Waals surface area (Å²) in [5.41, 5.74) is 1.51. The molecule has 0 fully saturated rings. The lowest BCUT2D eigenvalue weighted by molar-refractivity contribution is 0.216. The van der Waals surface area contributed by atoms with E-state index in [4.69, 9.17) is 8.97 Å². The molecule has 0 atom stereocenters. The molecular formula is C13H15N3O6S2. The molecule has 0 bridgehead atoms. The monoisotopic (exact) mass is 373 g/mol. The molecule has 3 rings (SSSR count). The van der Waals surface area contributed by atoms with E-state index in [0.717, 1.165) is 11.8 Å². The standard InChI is InChI=1S/C13H15N3O6S2/c1-23(17,18)13-14-6-9-7-16(5-4-11(9)15-13)8-10-2-3-12(22-10)24(19,20)21/h2-3,6H,4-5,7-8H2,1H3,(H,19,20,21). The van der Waals surface area contributed by atoms with Gasteiger partial charge >= 0.3 is 10.1 Å². The molecule has 0 aromatic carbocycles. The van der Waals surface area contributed by atoms with Crippen molar-refractivity contribution in [2.75, 3.05) is 12.8 Å². The van der Waals surface area contributed by atoms with Gasteiger partial charge in [-0.3, -0.25) is 9.45 Å². The second kappa shape index (κ2) is 5.92. The maximum Gasteiger partial charge on any atom is 0.328 e. The Morgan fingerprint density at radius 2 is 2.04 bits per heavy atom. The summed E-state index contributed by atoms with van der Waals surface area (Å²) in [5, 5.41) is -0.672. The van der Waals surface area contributed by atoms with Gasteiger partial charge in [0.15, 0.2) is 0 Å². The summed E-state index contributed by atoms with van der Waals surface area (Å²) in [6.45, 7) is 1.44. The molecule has 0 unspecified atom stereocenters. The largest absolute Gasteiger partial charge is 0.446 e. The summed E-state index contributed by atoms with van der Waals surface area (Å²) in [6.07, 6.45) is 3.11. The van der Waals surface area contributed by atoms with E-state index in [1.165, 1.54) is 18.3 Å². The van der Waals surface area contributed by atoms with Crippen LogP contribution in [0.5, 0.6) is 0 Å². The smallest absolute Gasteiger partial charge is 0.328 e. The van der Waals surface area contributed by atoms with Crippen molar-refractivity contribution >= 4 is 20.0 Å². The maximum absolute atomic E-state index is 11.5. The summed E-state index contributed by atoms with van der Waals surface area (Å²) in [4.78, 5) is 9.97. The van der Waals surface area contributed by atoms with Gasteiger partial charge in [0, 0.05) is 37.5 Å². The minimum atomic E-state index is -4.35. The minimum Gasteiger partial charge on any atom is -0.446 e. The number of furan rings is 1. The normalized spacial score (nSPS) is 16.1. The van der Waals surface area contributed by atoms with Crippen molar-refractivity contribution in [3.8, 4) is 0 Å². The van der Waals surface area contributed by atoms with E-state index in [0.29, 0.717) is 37.5 Å². The number of hydrogen-bond acceptors (Lipinski definition) is 8. The summed E-state index contributed by atoms with van der Waals surface area (Å²) >= 11 is 0. The minimum absolute atomic E-state index is 0.182. The lowest BCUT2D eigenvalue weighted by atomic mass is 10.1. The molecule has 9 nitrogen and oxygen atoms in total. The van der Waals surface area contributed by atoms with Gasteiger partial charge < -0.3 is 4.42 Å². The highest BCUT2D eigenvalue weighted by atomic mass is 32.2. The second-order valence-electron chi connectivity index (χ2n) is 5.55. The number of hydrogen-bond donors (Lipinski definition) is 1. The molecule has 130 valence electrons. The van der Waals surface area contributed by atoms with Crippen LogP contribution in [-0.4, -0.2) is 49.1 Å². The Morgan fingerprint density at radius 1 is 1.29 bits per heavy atom. The Balaban J connectivity index is 1.75. The molecule has 11 heteroatoms. The zero-order chi connectivity index (χ0) is 17.5. The lowest BCUT2D eigenvalue weighted by Crippen LogP contribution is -2.31. The van der Waals surface area contributed by atoms with E-state index in [9.17, 15) is 16.8 Å². The molecule has 3 heterocycles. The van der Waals surface area contributed by atoms with Gasteiger partial charge in [0.1, 0.15) is 5.76 Å². The predicted octanol–water partition coefficient (Wildman–Crippen LogP) is 0.278. The fraction of sp³-hybridized carbons (Fsp3) is 0.385. The van der Waals surface area contributed by atoms with E-state index in [1.807, 2.05) is 4.90 Å². The van der Waals surface area contributed by atoms with E-state index in [-0.39, 0.29) is 5.16 Å². The topological polar surface area (TPSA) is 131 Å². The van der Waals surface area contributed by atoms with Crippen LogP contribution in [0.2, 0.25) is 0 Å². The fourth-order valence-electron chi connectivity index (χ4n) is 2.47. The highest BCUT2D eigenvalue weighted by Gasteiger charge is 2.22. The third-order valence-corrected chi connectivity index (χ3v) is 5.18. The molecule has 1 aliphatic heterocycles. The van der Waals surface area contributed by atoms with Crippen LogP contribution in [0, 0.1) is 0 Å². The van der Waals surface area contributed by atoms with E-state index in [1.54, 1.807) is 0 Å². The highest BCUT2D eigenvalue weighted by Crippen LogP contribution is 2.21. The number of fused-ring (bicyclic) bond motifs is 1. The van der Waals surface area contributed by atoms with E-state index >= 15 is 0 Å². The summed E-state index contributed by atoms with van der Waals surface area (Å²) in [5.74, 6) is 0.403. The van der Waals surface area contributed by atoms with Crippen molar-refractivity contribution < 1.29 is 25.8 Å². The second-order valence-corrected chi connectivity index (χ2v) is 8.82. The first-order chi connectivity index (χ1) is 11.1. The molecule has 0 saturated carbocycles. The number of sulfone groups is 1. The predicted molar refractivity (Wildman–Crippen MR) is 81.5 cm³/mol. The van der Waals surface area contributed by atoms with Crippen LogP contribution in [0.4, 0.5) is 0 Å². The van der Waals surface area contributed by atoms with Crippen LogP contribution >= 0.6 is 0 Å². The van der Waals surface area contributed by atoms with Crippen molar-refractivity contribution in [3.05, 3.63) is 35.3 Å². The van der Waals surface area contributed by atoms with Crippen LogP contribution < -0.4 is 0 Å². The first-order valence-electron chi connectivity index (χ1n) is 6.96. The number of rotatable bonds is 4. The first kappa shape index (κ1) is 17.0. The highest BCUT2D eigenvalue weighted by molar-refractivity contribution is 7.90. The molecule has 0 spiro atoms. The molecule has 1 N–H and O–H groups in total. The van der Waals surface area contributed by atoms with Gasteiger partial charge in [0.2, 0.25) is 20.1 Å². The fourth-order valence-corrected chi connectivity index (χ4v) is 3.44. The zero-order valence-electron chi connectivity index (χ0n) is 12.7. The molecule has 2 aromatic rings. The SMILES string of the molecule is CS(=O)(=O)c1ncc2c(n1)CCN(Cc1ccc(S(=O)(=O)O)o1)C2. The van der Waals surface area contributed by atoms with Crippen molar-refractivity contribution in [2.24, 2.45) is 0 Å². The first-order valence-corrected chi connectivity index (χ1v) is 10.3. The third kappa shape index (κ3) is 3.64. The molecule has 0 amide bonds. The Hall–Kier alpha value is -1.82. The average molecular weight is 373 g/mol. The molecule has 0 saturated heterocycles. The third-order valence-electron chi connectivity index (χ3n) is 3.59. The number of nitrogens with zero attached hydrogens (tertiary/aromatic N) is 3.